The standard InChI is InChI=1S/C27H39N7/c1-3-4-14-28-27-29-19-24-25(31-34(26(24)30-27)23-8-6-5-7-9-23)22-12-10-21(11-13-22)20-33-17-15-32(2)16-18-33/h10-13,19,23H,3-9,14-18,20H2,1-2H3,(H,28,29,30). The third-order valence-corrected chi connectivity index (χ3v) is 7.41. The summed E-state index contributed by atoms with van der Waals surface area (Å²) in [7, 11) is 2.21. The van der Waals surface area contributed by atoms with Crippen molar-refractivity contribution in [2.75, 3.05) is 45.1 Å². The van der Waals surface area contributed by atoms with Crippen molar-refractivity contribution in [2.24, 2.45) is 0 Å². The molecule has 3 aromatic rings. The molecule has 0 amide bonds. The quantitative estimate of drug-likeness (QED) is 0.479. The van der Waals surface area contributed by atoms with Crippen LogP contribution in [0.3, 0.4) is 0 Å². The van der Waals surface area contributed by atoms with E-state index in [0.29, 0.717) is 12.0 Å². The highest BCUT2D eigenvalue weighted by Crippen LogP contribution is 2.34. The van der Waals surface area contributed by atoms with Crippen LogP contribution in [-0.2, 0) is 6.54 Å². The molecule has 0 bridgehead atoms. The van der Waals surface area contributed by atoms with E-state index in [1.807, 2.05) is 6.20 Å². The van der Waals surface area contributed by atoms with Crippen LogP contribution in [0.2, 0.25) is 0 Å². The average Bonchev–Trinajstić information content (AvgIpc) is 3.25. The molecule has 1 aliphatic carbocycles. The SMILES string of the molecule is CCCCNc1ncc2c(-c3ccc(CN4CCN(C)CC4)cc3)nn(C3CCCCC3)c2n1. The van der Waals surface area contributed by atoms with Gasteiger partial charge in [-0.15, -0.1) is 0 Å². The Morgan fingerprint density at radius 3 is 2.50 bits per heavy atom. The van der Waals surface area contributed by atoms with Gasteiger partial charge in [-0.05, 0) is 31.9 Å². The van der Waals surface area contributed by atoms with E-state index in [9.17, 15) is 0 Å². The second kappa shape index (κ2) is 10.8. The Balaban J connectivity index is 1.41. The van der Waals surface area contributed by atoms with Gasteiger partial charge >= 0.3 is 0 Å². The van der Waals surface area contributed by atoms with Gasteiger partial charge in [-0.25, -0.2) is 9.67 Å². The number of anilines is 1. The fourth-order valence-corrected chi connectivity index (χ4v) is 5.21. The number of rotatable bonds is 8. The number of benzene rings is 1. The second-order valence-corrected chi connectivity index (χ2v) is 10.1. The molecule has 0 spiro atoms. The fourth-order valence-electron chi connectivity index (χ4n) is 5.21. The molecule has 0 atom stereocenters. The molecule has 2 aliphatic rings. The summed E-state index contributed by atoms with van der Waals surface area (Å²) in [6, 6.07) is 9.42. The zero-order chi connectivity index (χ0) is 23.3. The number of unbranched alkanes of at least 4 members (excludes halogenated alkanes) is 1. The van der Waals surface area contributed by atoms with Gasteiger partial charge in [-0.3, -0.25) is 4.90 Å². The van der Waals surface area contributed by atoms with Gasteiger partial charge in [0.05, 0.1) is 11.4 Å². The van der Waals surface area contributed by atoms with Crippen molar-refractivity contribution in [2.45, 2.75) is 64.5 Å². The Hall–Kier alpha value is -2.51. The Morgan fingerprint density at radius 2 is 1.76 bits per heavy atom. The van der Waals surface area contributed by atoms with Gasteiger partial charge in [0.1, 0.15) is 5.69 Å². The Morgan fingerprint density at radius 1 is 1.00 bits per heavy atom. The van der Waals surface area contributed by atoms with Gasteiger partial charge in [-0.2, -0.15) is 10.1 Å². The van der Waals surface area contributed by atoms with E-state index in [4.69, 9.17) is 10.1 Å². The fraction of sp³-hybridized carbons (Fsp3) is 0.593. The highest BCUT2D eigenvalue weighted by atomic mass is 15.3. The first kappa shape index (κ1) is 23.2. The summed E-state index contributed by atoms with van der Waals surface area (Å²) in [5, 5.41) is 9.59. The van der Waals surface area contributed by atoms with Gasteiger partial charge < -0.3 is 10.2 Å². The van der Waals surface area contributed by atoms with Crippen LogP contribution in [0.25, 0.3) is 22.3 Å². The molecule has 7 nitrogen and oxygen atoms in total. The molecule has 2 aromatic heterocycles. The lowest BCUT2D eigenvalue weighted by molar-refractivity contribution is 0.148. The van der Waals surface area contributed by atoms with E-state index in [0.717, 1.165) is 74.4 Å². The van der Waals surface area contributed by atoms with Crippen LogP contribution in [0, 0.1) is 0 Å². The van der Waals surface area contributed by atoms with Crippen molar-refractivity contribution in [3.8, 4) is 11.3 Å². The molecule has 34 heavy (non-hydrogen) atoms. The zero-order valence-electron chi connectivity index (χ0n) is 20.8. The third-order valence-electron chi connectivity index (χ3n) is 7.41. The van der Waals surface area contributed by atoms with Crippen LogP contribution in [0.5, 0.6) is 0 Å². The molecule has 1 saturated heterocycles. The predicted molar refractivity (Wildman–Crippen MR) is 139 cm³/mol. The molecule has 2 fully saturated rings. The summed E-state index contributed by atoms with van der Waals surface area (Å²) in [6.07, 6.45) is 10.5. The van der Waals surface area contributed by atoms with Crippen LogP contribution in [0.15, 0.2) is 30.5 Å². The van der Waals surface area contributed by atoms with Crippen molar-refractivity contribution in [1.82, 2.24) is 29.5 Å². The zero-order valence-corrected chi connectivity index (χ0v) is 20.8. The van der Waals surface area contributed by atoms with Crippen molar-refractivity contribution in [3.05, 3.63) is 36.0 Å². The van der Waals surface area contributed by atoms with Crippen LogP contribution in [0.4, 0.5) is 5.95 Å². The first-order valence-electron chi connectivity index (χ1n) is 13.2. The lowest BCUT2D eigenvalue weighted by Crippen LogP contribution is -2.43. The summed E-state index contributed by atoms with van der Waals surface area (Å²) in [5.74, 6) is 0.715. The summed E-state index contributed by atoms with van der Waals surface area (Å²) >= 11 is 0. The van der Waals surface area contributed by atoms with Crippen LogP contribution < -0.4 is 5.32 Å². The molecular formula is C27H39N7. The lowest BCUT2D eigenvalue weighted by Gasteiger charge is -2.32. The van der Waals surface area contributed by atoms with Crippen molar-refractivity contribution >= 4 is 17.0 Å². The number of fused-ring (bicyclic) bond motifs is 1. The smallest absolute Gasteiger partial charge is 0.224 e. The normalized spacial score (nSPS) is 18.5. The first-order valence-corrected chi connectivity index (χ1v) is 13.2. The predicted octanol–water partition coefficient (Wildman–Crippen LogP) is 4.96. The number of aromatic nitrogens is 4. The van der Waals surface area contributed by atoms with Crippen LogP contribution >= 0.6 is 0 Å². The van der Waals surface area contributed by atoms with Gasteiger partial charge in [0.25, 0.3) is 0 Å². The van der Waals surface area contributed by atoms with Gasteiger partial charge in [0, 0.05) is 51.0 Å². The Kier molecular flexibility index (Phi) is 7.40. The maximum atomic E-state index is 5.14. The number of hydrogen-bond acceptors (Lipinski definition) is 6. The van der Waals surface area contributed by atoms with E-state index in [1.165, 1.54) is 37.7 Å². The number of piperazine rings is 1. The summed E-state index contributed by atoms with van der Waals surface area (Å²) in [4.78, 5) is 14.5. The molecule has 1 N–H and O–H groups in total. The minimum absolute atomic E-state index is 0.430. The molecule has 0 unspecified atom stereocenters. The second-order valence-electron chi connectivity index (χ2n) is 10.1. The van der Waals surface area contributed by atoms with E-state index in [2.05, 4.69) is 63.0 Å². The van der Waals surface area contributed by atoms with Gasteiger partial charge in [0.15, 0.2) is 5.65 Å². The average molecular weight is 462 g/mol. The number of likely N-dealkylation sites (N-methyl/N-ethyl adjacent to an activating group) is 1. The van der Waals surface area contributed by atoms with Crippen molar-refractivity contribution in [3.63, 3.8) is 0 Å². The van der Waals surface area contributed by atoms with E-state index in [-0.39, 0.29) is 0 Å². The molecule has 1 saturated carbocycles. The van der Waals surface area contributed by atoms with Crippen LogP contribution in [0.1, 0.15) is 63.5 Å². The van der Waals surface area contributed by atoms with E-state index in [1.54, 1.807) is 0 Å². The molecule has 182 valence electrons. The number of hydrogen-bond donors (Lipinski definition) is 1. The molecule has 3 heterocycles. The lowest BCUT2D eigenvalue weighted by atomic mass is 9.96. The van der Waals surface area contributed by atoms with E-state index < -0.39 is 0 Å². The highest BCUT2D eigenvalue weighted by molar-refractivity contribution is 5.91. The van der Waals surface area contributed by atoms with Crippen molar-refractivity contribution < 1.29 is 0 Å². The molecule has 1 aromatic carbocycles. The molecule has 0 radical (unpaired) electrons. The minimum atomic E-state index is 0.430. The molecular weight excluding hydrogens is 422 g/mol. The maximum Gasteiger partial charge on any atom is 0.224 e. The summed E-state index contributed by atoms with van der Waals surface area (Å²) < 4.78 is 2.20. The maximum absolute atomic E-state index is 5.14. The summed E-state index contributed by atoms with van der Waals surface area (Å²) in [6.45, 7) is 8.70. The minimum Gasteiger partial charge on any atom is -0.354 e. The third kappa shape index (κ3) is 5.26. The first-order chi connectivity index (χ1) is 16.7. The topological polar surface area (TPSA) is 62.1 Å². The van der Waals surface area contributed by atoms with Crippen molar-refractivity contribution in [1.29, 1.82) is 0 Å². The largest absolute Gasteiger partial charge is 0.354 e. The highest BCUT2D eigenvalue weighted by Gasteiger charge is 2.23. The molecule has 7 heteroatoms. The number of nitrogens with zero attached hydrogens (tertiary/aromatic N) is 6. The van der Waals surface area contributed by atoms with Gasteiger partial charge in [-0.1, -0.05) is 56.9 Å². The Bertz CT molecular complexity index is 1060. The Labute approximate surface area is 203 Å². The molecule has 1 aliphatic heterocycles. The summed E-state index contributed by atoms with van der Waals surface area (Å²) in [5.41, 5.74) is 4.49. The molecule has 5 rings (SSSR count). The van der Waals surface area contributed by atoms with Gasteiger partial charge in [0.2, 0.25) is 5.95 Å². The number of nitrogens with one attached hydrogen (secondary N) is 1. The van der Waals surface area contributed by atoms with E-state index >= 15 is 0 Å². The van der Waals surface area contributed by atoms with Crippen LogP contribution in [-0.4, -0.2) is 69.3 Å². The monoisotopic (exact) mass is 461 g/mol.